The molecule has 4 aromatic rings. The zero-order chi connectivity index (χ0) is 39.2. The first-order valence-corrected chi connectivity index (χ1v) is 18.8. The van der Waals surface area contributed by atoms with Crippen molar-refractivity contribution < 1.29 is 33.4 Å². The molecule has 2 saturated heterocycles. The van der Waals surface area contributed by atoms with Gasteiger partial charge in [0.05, 0.1) is 44.3 Å². The molecule has 5 atom stereocenters. The summed E-state index contributed by atoms with van der Waals surface area (Å²) < 4.78 is 14.9. The van der Waals surface area contributed by atoms with E-state index >= 15 is 0 Å². The van der Waals surface area contributed by atoms with Crippen LogP contribution in [0.25, 0.3) is 33.6 Å². The fourth-order valence-corrected chi connectivity index (χ4v) is 7.54. The summed E-state index contributed by atoms with van der Waals surface area (Å²) >= 11 is 0. The first-order valence-electron chi connectivity index (χ1n) is 18.8. The predicted molar refractivity (Wildman–Crippen MR) is 207 cm³/mol. The Balaban J connectivity index is 1.11. The first-order chi connectivity index (χ1) is 26.5. The minimum absolute atomic E-state index is 0.0871. The van der Waals surface area contributed by atoms with E-state index in [9.17, 15) is 19.2 Å². The predicted octanol–water partition coefficient (Wildman–Crippen LogP) is 6.21. The van der Waals surface area contributed by atoms with E-state index in [4.69, 9.17) is 14.2 Å². The maximum Gasteiger partial charge on any atom is 0.407 e. The summed E-state index contributed by atoms with van der Waals surface area (Å²) in [4.78, 5) is 66.3. The number of aromatic amines is 2. The van der Waals surface area contributed by atoms with Crippen molar-refractivity contribution in [3.05, 3.63) is 78.4 Å². The lowest BCUT2D eigenvalue weighted by Gasteiger charge is -2.30. The second-order valence-corrected chi connectivity index (χ2v) is 14.5. The van der Waals surface area contributed by atoms with E-state index in [1.165, 1.54) is 21.3 Å². The molecule has 2 aliphatic heterocycles. The highest BCUT2D eigenvalue weighted by Gasteiger charge is 2.39. The van der Waals surface area contributed by atoms with Gasteiger partial charge in [-0.25, -0.2) is 14.6 Å². The number of amides is 4. The zero-order valence-corrected chi connectivity index (χ0v) is 32.3. The van der Waals surface area contributed by atoms with Crippen molar-refractivity contribution >= 4 is 24.0 Å². The normalized spacial score (nSPS) is 18.5. The molecule has 2 aromatic heterocycles. The summed E-state index contributed by atoms with van der Waals surface area (Å²) in [6, 6.07) is 18.8. The van der Waals surface area contributed by atoms with Crippen molar-refractivity contribution in [2.75, 3.05) is 34.4 Å². The Hall–Kier alpha value is -5.63. The second-order valence-electron chi connectivity index (χ2n) is 14.5. The zero-order valence-electron chi connectivity index (χ0n) is 32.3. The van der Waals surface area contributed by atoms with Gasteiger partial charge in [0.1, 0.15) is 17.9 Å². The highest BCUT2D eigenvalue weighted by Crippen LogP contribution is 2.36. The lowest BCUT2D eigenvalue weighted by Crippen LogP contribution is -2.54. The maximum atomic E-state index is 13.6. The molecule has 14 nitrogen and oxygen atoms in total. The van der Waals surface area contributed by atoms with E-state index < -0.39 is 30.4 Å². The van der Waals surface area contributed by atoms with Gasteiger partial charge in [-0.15, -0.1) is 0 Å². The molecule has 0 spiro atoms. The van der Waals surface area contributed by atoms with Crippen molar-refractivity contribution in [2.45, 2.75) is 76.7 Å². The quantitative estimate of drug-likeness (QED) is 0.132. The van der Waals surface area contributed by atoms with Gasteiger partial charge in [0.25, 0.3) is 0 Å². The molecule has 0 bridgehead atoms. The molecule has 0 aliphatic carbocycles. The summed E-state index contributed by atoms with van der Waals surface area (Å²) in [5, 5.41) is 5.33. The number of ether oxygens (including phenoxy) is 3. The fourth-order valence-electron chi connectivity index (χ4n) is 7.54. The van der Waals surface area contributed by atoms with Gasteiger partial charge < -0.3 is 44.6 Å². The van der Waals surface area contributed by atoms with Gasteiger partial charge >= 0.3 is 12.2 Å². The lowest BCUT2D eigenvalue weighted by molar-refractivity contribution is -0.137. The summed E-state index contributed by atoms with van der Waals surface area (Å²) in [7, 11) is 4.05. The topological polar surface area (TPSA) is 171 Å². The van der Waals surface area contributed by atoms with Crippen LogP contribution in [0.3, 0.4) is 0 Å². The molecule has 55 heavy (non-hydrogen) atoms. The molecule has 1 unspecified atom stereocenters. The SMILES string of the molecule is COC(=O)NC(C(=O)N1CCC[C@@H]1c1ccc(-c2ccc(-c3ccc(-c4cnc([C@@H]5CCCN5C(=O)[C@@H](NC(=O)OC)[C@@H](C)OC)[nH]4)cc3)cc2)[nH]1)C(C)C. The number of carbonyl (C=O) groups excluding carboxylic acids is 4. The third kappa shape index (κ3) is 8.54. The van der Waals surface area contributed by atoms with Crippen LogP contribution < -0.4 is 10.6 Å². The number of hydrogen-bond acceptors (Lipinski definition) is 8. The van der Waals surface area contributed by atoms with Gasteiger partial charge in [0.2, 0.25) is 11.8 Å². The summed E-state index contributed by atoms with van der Waals surface area (Å²) in [6.07, 6.45) is 3.22. The Morgan fingerprint density at radius 1 is 0.673 bits per heavy atom. The van der Waals surface area contributed by atoms with Gasteiger partial charge in [-0.1, -0.05) is 62.4 Å². The molecule has 2 fully saturated rings. The molecular weight excluding hydrogens is 702 g/mol. The monoisotopic (exact) mass is 753 g/mol. The highest BCUT2D eigenvalue weighted by molar-refractivity contribution is 5.87. The van der Waals surface area contributed by atoms with Crippen LogP contribution in [-0.2, 0) is 23.8 Å². The molecule has 2 aliphatic rings. The number of rotatable bonds is 12. The van der Waals surface area contributed by atoms with Gasteiger partial charge in [-0.2, -0.15) is 0 Å². The molecule has 4 N–H and O–H groups in total. The van der Waals surface area contributed by atoms with Crippen LogP contribution in [0.4, 0.5) is 9.59 Å². The van der Waals surface area contributed by atoms with E-state index in [0.717, 1.165) is 65.0 Å². The van der Waals surface area contributed by atoms with Crippen molar-refractivity contribution in [3.63, 3.8) is 0 Å². The Labute approximate surface area is 321 Å². The Kier molecular flexibility index (Phi) is 12.2. The van der Waals surface area contributed by atoms with Crippen LogP contribution in [0.5, 0.6) is 0 Å². The number of nitrogens with zero attached hydrogens (tertiary/aromatic N) is 3. The Bertz CT molecular complexity index is 1960. The lowest BCUT2D eigenvalue weighted by atomic mass is 10.0. The van der Waals surface area contributed by atoms with Crippen molar-refractivity contribution in [3.8, 4) is 33.6 Å². The number of likely N-dealkylation sites (tertiary alicyclic amines) is 2. The molecular formula is C41H51N7O7. The number of aromatic nitrogens is 3. The van der Waals surface area contributed by atoms with Gasteiger partial charge in [0, 0.05) is 31.6 Å². The molecule has 0 saturated carbocycles. The smallest absolute Gasteiger partial charge is 0.407 e. The van der Waals surface area contributed by atoms with Crippen molar-refractivity contribution in [1.82, 2.24) is 35.4 Å². The third-order valence-corrected chi connectivity index (χ3v) is 10.7. The Morgan fingerprint density at radius 2 is 1.18 bits per heavy atom. The second kappa shape index (κ2) is 17.2. The van der Waals surface area contributed by atoms with Crippen molar-refractivity contribution in [1.29, 1.82) is 0 Å². The fraction of sp³-hybridized carbons (Fsp3) is 0.439. The van der Waals surface area contributed by atoms with E-state index in [2.05, 4.69) is 62.0 Å². The van der Waals surface area contributed by atoms with E-state index in [0.29, 0.717) is 18.9 Å². The first kappa shape index (κ1) is 39.1. The van der Waals surface area contributed by atoms with E-state index in [-0.39, 0.29) is 29.8 Å². The molecule has 6 rings (SSSR count). The van der Waals surface area contributed by atoms with Gasteiger partial charge in [-0.05, 0) is 72.9 Å². The summed E-state index contributed by atoms with van der Waals surface area (Å²) in [6.45, 7) is 6.74. The van der Waals surface area contributed by atoms with Gasteiger partial charge in [0.15, 0.2) is 0 Å². The summed E-state index contributed by atoms with van der Waals surface area (Å²) in [5.74, 6) is 0.256. The number of benzene rings is 2. The number of carbonyl (C=O) groups is 4. The average Bonchev–Trinajstić information content (AvgIpc) is 4.05. The minimum atomic E-state index is -0.892. The maximum absolute atomic E-state index is 13.6. The number of methoxy groups -OCH3 is 3. The Morgan fingerprint density at radius 3 is 1.75 bits per heavy atom. The van der Waals surface area contributed by atoms with Crippen LogP contribution in [0.15, 0.2) is 66.9 Å². The molecule has 4 heterocycles. The molecule has 14 heteroatoms. The number of imidazole rings is 1. The third-order valence-electron chi connectivity index (χ3n) is 10.7. The minimum Gasteiger partial charge on any atom is -0.453 e. The number of hydrogen-bond donors (Lipinski definition) is 4. The van der Waals surface area contributed by atoms with E-state index in [1.54, 1.807) is 18.0 Å². The molecule has 4 amide bonds. The molecule has 0 radical (unpaired) electrons. The van der Waals surface area contributed by atoms with Crippen molar-refractivity contribution in [2.24, 2.45) is 5.92 Å². The number of nitrogens with one attached hydrogen (secondary N) is 4. The standard InChI is InChI=1S/C41H51N7O7/c1-24(2)35(45-40(51)54-5)38(49)47-21-7-9-33(47)31-20-19-30(43-31)28-15-11-26(12-16-28)27-13-17-29(18-14-27)32-23-42-37(44-32)34-10-8-22-48(34)39(50)36(25(3)53-4)46-41(52)55-6/h11-20,23-25,33-36,43H,7-10,21-22H2,1-6H3,(H,42,44)(H,45,51)(H,46,52)/t25-,33-,34+,35?,36+/m1/s1. The largest absolute Gasteiger partial charge is 0.453 e. The van der Waals surface area contributed by atoms with Gasteiger partial charge in [-0.3, -0.25) is 9.59 Å². The summed E-state index contributed by atoms with van der Waals surface area (Å²) in [5.41, 5.74) is 6.90. The van der Waals surface area contributed by atoms with Crippen LogP contribution >= 0.6 is 0 Å². The number of H-pyrrole nitrogens is 2. The van der Waals surface area contributed by atoms with Crippen LogP contribution in [0.2, 0.25) is 0 Å². The number of alkyl carbamates (subject to hydrolysis) is 2. The van der Waals surface area contributed by atoms with Crippen LogP contribution in [0.1, 0.15) is 70.1 Å². The highest BCUT2D eigenvalue weighted by atomic mass is 16.5. The molecule has 292 valence electrons. The van der Waals surface area contributed by atoms with E-state index in [1.807, 2.05) is 43.0 Å². The van der Waals surface area contributed by atoms with Crippen LogP contribution in [0, 0.1) is 5.92 Å². The molecule has 2 aromatic carbocycles. The average molecular weight is 754 g/mol. The van der Waals surface area contributed by atoms with Crippen LogP contribution in [-0.4, -0.2) is 101 Å².